The first kappa shape index (κ1) is 14.5. The number of ketones is 1. The zero-order valence-corrected chi connectivity index (χ0v) is 13.1. The Hall–Kier alpha value is -2.13. The van der Waals surface area contributed by atoms with Gasteiger partial charge in [-0.2, -0.15) is 10.5 Å². The summed E-state index contributed by atoms with van der Waals surface area (Å²) in [5.74, 6) is 0.697. The van der Waals surface area contributed by atoms with Crippen LogP contribution in [0.5, 0.6) is 0 Å². The predicted molar refractivity (Wildman–Crippen MR) is 84.9 cm³/mol. The van der Waals surface area contributed by atoms with Crippen LogP contribution in [0.3, 0.4) is 0 Å². The second-order valence-electron chi connectivity index (χ2n) is 7.73. The van der Waals surface area contributed by atoms with Gasteiger partial charge < -0.3 is 0 Å². The highest BCUT2D eigenvalue weighted by Gasteiger charge is 2.59. The monoisotopic (exact) mass is 304 g/mol. The molecular formula is C20H20N2O. The number of rotatable bonds is 3. The van der Waals surface area contributed by atoms with E-state index in [9.17, 15) is 15.3 Å². The van der Waals surface area contributed by atoms with Crippen molar-refractivity contribution in [3.8, 4) is 12.1 Å². The molecule has 1 aromatic rings. The van der Waals surface area contributed by atoms with E-state index in [1.165, 1.54) is 0 Å². The summed E-state index contributed by atoms with van der Waals surface area (Å²) < 4.78 is 0. The average Bonchev–Trinajstić information content (AvgIpc) is 2.57. The van der Waals surface area contributed by atoms with Crippen molar-refractivity contribution in [2.24, 2.45) is 29.1 Å². The molecule has 0 spiro atoms. The summed E-state index contributed by atoms with van der Waals surface area (Å²) >= 11 is 0. The third-order valence-corrected chi connectivity index (χ3v) is 6.47. The molecule has 0 saturated heterocycles. The Labute approximate surface area is 136 Å². The van der Waals surface area contributed by atoms with Crippen LogP contribution in [0.25, 0.3) is 0 Å². The summed E-state index contributed by atoms with van der Waals surface area (Å²) in [6.07, 6.45) is 4.88. The molecule has 4 bridgehead atoms. The second kappa shape index (κ2) is 5.20. The van der Waals surface area contributed by atoms with E-state index in [0.29, 0.717) is 11.7 Å². The standard InChI is InChI=1S/C20H20N2O/c21-11-17(12-22)18(14-4-2-1-3-5-14)20-8-13-6-15(9-20)19(23)16(7-13)10-20/h1-5,13,15-18H,6-10H2/t13?,15?,16?,18-,20?/m0/s1. The summed E-state index contributed by atoms with van der Waals surface area (Å²) in [4.78, 5) is 12.5. The van der Waals surface area contributed by atoms with Gasteiger partial charge in [-0.05, 0) is 49.0 Å². The Bertz CT molecular complexity index is 679. The van der Waals surface area contributed by atoms with Gasteiger partial charge >= 0.3 is 0 Å². The van der Waals surface area contributed by atoms with E-state index in [1.54, 1.807) is 0 Å². The molecule has 1 aromatic carbocycles. The molecule has 0 N–H and O–H groups in total. The number of carbonyl (C=O) groups is 1. The highest BCUT2D eigenvalue weighted by Crippen LogP contribution is 2.64. The molecule has 116 valence electrons. The molecule has 0 heterocycles. The number of benzene rings is 1. The van der Waals surface area contributed by atoms with E-state index in [1.807, 2.05) is 30.3 Å². The van der Waals surface area contributed by atoms with Crippen LogP contribution < -0.4 is 0 Å². The molecule has 3 heteroatoms. The van der Waals surface area contributed by atoms with Crippen LogP contribution in [0.15, 0.2) is 30.3 Å². The van der Waals surface area contributed by atoms with E-state index in [0.717, 1.165) is 37.7 Å². The lowest BCUT2D eigenvalue weighted by atomic mass is 9.44. The fraction of sp³-hybridized carbons (Fsp3) is 0.550. The first-order valence-electron chi connectivity index (χ1n) is 8.55. The van der Waals surface area contributed by atoms with Crippen molar-refractivity contribution in [1.82, 2.24) is 0 Å². The number of carbonyl (C=O) groups excluding carboxylic acids is 1. The molecule has 4 aliphatic carbocycles. The molecule has 0 amide bonds. The molecule has 5 rings (SSSR count). The second-order valence-corrected chi connectivity index (χ2v) is 7.73. The molecule has 3 atom stereocenters. The molecule has 0 radical (unpaired) electrons. The van der Waals surface area contributed by atoms with Crippen LogP contribution in [-0.4, -0.2) is 5.78 Å². The summed E-state index contributed by atoms with van der Waals surface area (Å²) in [6.45, 7) is 0. The van der Waals surface area contributed by atoms with Gasteiger partial charge in [-0.25, -0.2) is 0 Å². The van der Waals surface area contributed by atoms with Crippen LogP contribution in [0.1, 0.15) is 43.6 Å². The van der Waals surface area contributed by atoms with E-state index >= 15 is 0 Å². The number of hydrogen-bond donors (Lipinski definition) is 0. The summed E-state index contributed by atoms with van der Waals surface area (Å²) in [5.41, 5.74) is 1.05. The minimum Gasteiger partial charge on any atom is -0.299 e. The van der Waals surface area contributed by atoms with Crippen LogP contribution in [0.4, 0.5) is 0 Å². The Kier molecular flexibility index (Phi) is 3.27. The molecular weight excluding hydrogens is 284 g/mol. The summed E-state index contributed by atoms with van der Waals surface area (Å²) in [6, 6.07) is 14.5. The third kappa shape index (κ3) is 2.11. The lowest BCUT2D eigenvalue weighted by molar-refractivity contribution is -0.150. The number of nitriles is 2. The molecule has 2 unspecified atom stereocenters. The van der Waals surface area contributed by atoms with E-state index in [2.05, 4.69) is 12.1 Å². The maximum absolute atomic E-state index is 12.5. The fourth-order valence-corrected chi connectivity index (χ4v) is 5.93. The molecule has 23 heavy (non-hydrogen) atoms. The molecule has 0 aromatic heterocycles. The van der Waals surface area contributed by atoms with Crippen molar-refractivity contribution in [2.75, 3.05) is 0 Å². The number of nitrogens with zero attached hydrogens (tertiary/aromatic N) is 2. The van der Waals surface area contributed by atoms with Crippen molar-refractivity contribution in [3.05, 3.63) is 35.9 Å². The van der Waals surface area contributed by atoms with Gasteiger partial charge in [0, 0.05) is 17.8 Å². The average molecular weight is 304 g/mol. The smallest absolute Gasteiger partial charge is 0.140 e. The van der Waals surface area contributed by atoms with Crippen LogP contribution in [-0.2, 0) is 4.79 Å². The molecule has 4 aliphatic rings. The molecule has 0 aliphatic heterocycles. The molecule has 3 nitrogen and oxygen atoms in total. The Balaban J connectivity index is 1.80. The van der Waals surface area contributed by atoms with Crippen molar-refractivity contribution in [3.63, 3.8) is 0 Å². The maximum atomic E-state index is 12.5. The van der Waals surface area contributed by atoms with Gasteiger partial charge in [-0.1, -0.05) is 30.3 Å². The summed E-state index contributed by atoms with van der Waals surface area (Å²) in [7, 11) is 0. The Morgan fingerprint density at radius 3 is 2.17 bits per heavy atom. The van der Waals surface area contributed by atoms with Crippen LogP contribution in [0, 0.1) is 51.7 Å². The zero-order chi connectivity index (χ0) is 16.0. The predicted octanol–water partition coefficient (Wildman–Crippen LogP) is 3.83. The largest absolute Gasteiger partial charge is 0.299 e. The van der Waals surface area contributed by atoms with Crippen molar-refractivity contribution >= 4 is 5.78 Å². The van der Waals surface area contributed by atoms with Gasteiger partial charge in [0.05, 0.1) is 12.1 Å². The Morgan fingerprint density at radius 2 is 1.61 bits per heavy atom. The van der Waals surface area contributed by atoms with Gasteiger partial charge in [0.15, 0.2) is 0 Å². The van der Waals surface area contributed by atoms with Gasteiger partial charge in [-0.15, -0.1) is 0 Å². The van der Waals surface area contributed by atoms with Gasteiger partial charge in [0.2, 0.25) is 0 Å². The van der Waals surface area contributed by atoms with Crippen molar-refractivity contribution in [1.29, 1.82) is 10.5 Å². The van der Waals surface area contributed by atoms with Crippen LogP contribution >= 0.6 is 0 Å². The zero-order valence-electron chi connectivity index (χ0n) is 13.1. The molecule has 4 saturated carbocycles. The number of Topliss-reactive ketones (excluding diaryl/α,β-unsaturated/α-hetero) is 1. The first-order chi connectivity index (χ1) is 11.2. The highest BCUT2D eigenvalue weighted by atomic mass is 16.1. The lowest BCUT2D eigenvalue weighted by Gasteiger charge is -2.58. The minimum atomic E-state index is -0.635. The maximum Gasteiger partial charge on any atom is 0.140 e. The third-order valence-electron chi connectivity index (χ3n) is 6.47. The fourth-order valence-electron chi connectivity index (χ4n) is 5.93. The molecule has 4 fully saturated rings. The quantitative estimate of drug-likeness (QED) is 0.852. The SMILES string of the molecule is N#CC(C#N)[C@H](c1ccccc1)C12CC3CC(C1)C(=O)C(C3)C2. The van der Waals surface area contributed by atoms with Crippen LogP contribution in [0.2, 0.25) is 0 Å². The van der Waals surface area contributed by atoms with Gasteiger partial charge in [0.1, 0.15) is 11.7 Å². The topological polar surface area (TPSA) is 64.7 Å². The number of hydrogen-bond acceptors (Lipinski definition) is 3. The lowest BCUT2D eigenvalue weighted by Crippen LogP contribution is -2.54. The normalized spacial score (nSPS) is 35.8. The minimum absolute atomic E-state index is 0.0398. The van der Waals surface area contributed by atoms with Crippen molar-refractivity contribution in [2.45, 2.75) is 38.0 Å². The van der Waals surface area contributed by atoms with E-state index < -0.39 is 5.92 Å². The van der Waals surface area contributed by atoms with Crippen molar-refractivity contribution < 1.29 is 4.79 Å². The van der Waals surface area contributed by atoms with E-state index in [4.69, 9.17) is 0 Å². The first-order valence-corrected chi connectivity index (χ1v) is 8.55. The van der Waals surface area contributed by atoms with E-state index in [-0.39, 0.29) is 23.2 Å². The Morgan fingerprint density at radius 1 is 1.00 bits per heavy atom. The van der Waals surface area contributed by atoms with Gasteiger partial charge in [0.25, 0.3) is 0 Å². The van der Waals surface area contributed by atoms with Gasteiger partial charge in [-0.3, -0.25) is 4.79 Å². The summed E-state index contributed by atoms with van der Waals surface area (Å²) in [5, 5.41) is 19.1. The highest BCUT2D eigenvalue weighted by molar-refractivity contribution is 5.85.